The lowest BCUT2D eigenvalue weighted by Gasteiger charge is -2.22. The van der Waals surface area contributed by atoms with Gasteiger partial charge < -0.3 is 10.6 Å². The largest absolute Gasteiger partial charge is 0.389 e. The fourth-order valence-corrected chi connectivity index (χ4v) is 3.09. The number of hydrogen-bond donors (Lipinski definition) is 1. The minimum Gasteiger partial charge on any atom is -0.389 e. The molecular formula is C16H16N2OS2. The number of nitrogens with zero attached hydrogens (tertiary/aromatic N) is 1. The maximum atomic E-state index is 12.8. The molecule has 3 nitrogen and oxygen atoms in total. The Balaban J connectivity index is 1.84. The lowest BCUT2D eigenvalue weighted by atomic mass is 10.1. The summed E-state index contributed by atoms with van der Waals surface area (Å²) >= 11 is 6.64. The fraction of sp³-hybridized carbons (Fsp3) is 0.250. The lowest BCUT2D eigenvalue weighted by molar-refractivity contribution is 0.0730. The van der Waals surface area contributed by atoms with Gasteiger partial charge in [-0.15, -0.1) is 0 Å². The first-order valence-electron chi connectivity index (χ1n) is 6.87. The molecule has 1 saturated carbocycles. The van der Waals surface area contributed by atoms with Crippen LogP contribution in [0.5, 0.6) is 0 Å². The Morgan fingerprint density at radius 3 is 2.71 bits per heavy atom. The summed E-state index contributed by atoms with van der Waals surface area (Å²) in [6.45, 7) is 0.671. The molecule has 0 bridgehead atoms. The molecule has 0 aliphatic heterocycles. The first-order chi connectivity index (χ1) is 10.1. The third-order valence-corrected chi connectivity index (χ3v) is 4.54. The molecule has 3 rings (SSSR count). The molecule has 1 aromatic heterocycles. The summed E-state index contributed by atoms with van der Waals surface area (Å²) in [6.07, 6.45) is 2.18. The Hall–Kier alpha value is -1.72. The number of thiophene rings is 1. The quantitative estimate of drug-likeness (QED) is 0.862. The van der Waals surface area contributed by atoms with Crippen LogP contribution in [-0.2, 0) is 6.54 Å². The van der Waals surface area contributed by atoms with Crippen LogP contribution < -0.4 is 5.73 Å². The van der Waals surface area contributed by atoms with Crippen molar-refractivity contribution >= 4 is 34.5 Å². The first kappa shape index (κ1) is 14.2. The van der Waals surface area contributed by atoms with Crippen molar-refractivity contribution < 1.29 is 4.79 Å². The van der Waals surface area contributed by atoms with Crippen LogP contribution in [0.1, 0.15) is 34.3 Å². The molecule has 1 aliphatic carbocycles. The molecule has 0 atom stereocenters. The van der Waals surface area contributed by atoms with E-state index < -0.39 is 0 Å². The predicted octanol–water partition coefficient (Wildman–Crippen LogP) is 3.19. The molecule has 0 radical (unpaired) electrons. The summed E-state index contributed by atoms with van der Waals surface area (Å²) in [5.74, 6) is 0.0572. The molecule has 1 fully saturated rings. The SMILES string of the molecule is NC(=S)c1cccc(C(=O)N(Cc2ccsc2)C2CC2)c1. The fourth-order valence-electron chi connectivity index (χ4n) is 2.30. The number of carbonyl (C=O) groups excluding carboxylic acids is 1. The highest BCUT2D eigenvalue weighted by Gasteiger charge is 2.33. The van der Waals surface area contributed by atoms with Crippen molar-refractivity contribution in [1.82, 2.24) is 4.90 Å². The van der Waals surface area contributed by atoms with E-state index in [1.54, 1.807) is 17.4 Å². The van der Waals surface area contributed by atoms with E-state index in [1.807, 2.05) is 28.5 Å². The van der Waals surface area contributed by atoms with Gasteiger partial charge in [0.25, 0.3) is 5.91 Å². The standard InChI is InChI=1S/C16H16N2OS2/c17-15(20)12-2-1-3-13(8-12)16(19)18(14-4-5-14)9-11-6-7-21-10-11/h1-3,6-8,10,14H,4-5,9H2,(H2,17,20). The Bertz CT molecular complexity index is 663. The molecule has 1 heterocycles. The van der Waals surface area contributed by atoms with E-state index in [-0.39, 0.29) is 5.91 Å². The van der Waals surface area contributed by atoms with Crippen molar-refractivity contribution in [2.24, 2.45) is 5.73 Å². The topological polar surface area (TPSA) is 46.3 Å². The van der Waals surface area contributed by atoms with Gasteiger partial charge in [-0.05, 0) is 47.4 Å². The minimum absolute atomic E-state index is 0.0572. The monoisotopic (exact) mass is 316 g/mol. The smallest absolute Gasteiger partial charge is 0.254 e. The second kappa shape index (κ2) is 5.95. The molecule has 1 aromatic carbocycles. The average molecular weight is 316 g/mol. The highest BCUT2D eigenvalue weighted by atomic mass is 32.1. The van der Waals surface area contributed by atoms with Gasteiger partial charge >= 0.3 is 0 Å². The van der Waals surface area contributed by atoms with Crippen LogP contribution >= 0.6 is 23.6 Å². The van der Waals surface area contributed by atoms with Gasteiger partial charge in [0.15, 0.2) is 0 Å². The van der Waals surface area contributed by atoms with Gasteiger partial charge in [-0.25, -0.2) is 0 Å². The molecular weight excluding hydrogens is 300 g/mol. The van der Waals surface area contributed by atoms with Crippen molar-refractivity contribution in [3.05, 3.63) is 57.8 Å². The third kappa shape index (κ3) is 3.31. The zero-order chi connectivity index (χ0) is 14.8. The summed E-state index contributed by atoms with van der Waals surface area (Å²) in [5, 5.41) is 4.13. The molecule has 2 N–H and O–H groups in total. The molecule has 108 valence electrons. The summed E-state index contributed by atoms with van der Waals surface area (Å²) in [6, 6.07) is 9.71. The van der Waals surface area contributed by atoms with E-state index >= 15 is 0 Å². The van der Waals surface area contributed by atoms with Crippen LogP contribution in [0.15, 0.2) is 41.1 Å². The van der Waals surface area contributed by atoms with E-state index in [2.05, 4.69) is 11.4 Å². The zero-order valence-electron chi connectivity index (χ0n) is 11.5. The molecule has 0 saturated heterocycles. The number of thiocarbonyl (C=S) groups is 1. The van der Waals surface area contributed by atoms with Crippen molar-refractivity contribution in [3.63, 3.8) is 0 Å². The number of nitrogens with two attached hydrogens (primary N) is 1. The number of rotatable bonds is 5. The van der Waals surface area contributed by atoms with Gasteiger partial charge in [0, 0.05) is 23.7 Å². The van der Waals surface area contributed by atoms with E-state index in [0.717, 1.165) is 18.4 Å². The maximum Gasteiger partial charge on any atom is 0.254 e. The molecule has 0 unspecified atom stereocenters. The van der Waals surface area contributed by atoms with Crippen molar-refractivity contribution in [1.29, 1.82) is 0 Å². The van der Waals surface area contributed by atoms with Crippen LogP contribution in [0.4, 0.5) is 0 Å². The van der Waals surface area contributed by atoms with E-state index in [9.17, 15) is 4.79 Å². The van der Waals surface area contributed by atoms with Crippen LogP contribution in [-0.4, -0.2) is 21.8 Å². The highest BCUT2D eigenvalue weighted by molar-refractivity contribution is 7.80. The average Bonchev–Trinajstić information content (AvgIpc) is 3.20. The Morgan fingerprint density at radius 1 is 1.33 bits per heavy atom. The van der Waals surface area contributed by atoms with Crippen LogP contribution in [0.3, 0.4) is 0 Å². The van der Waals surface area contributed by atoms with Gasteiger partial charge in [-0.2, -0.15) is 11.3 Å². The summed E-state index contributed by atoms with van der Waals surface area (Å²) < 4.78 is 0. The Kier molecular flexibility index (Phi) is 4.03. The minimum atomic E-state index is 0.0572. The van der Waals surface area contributed by atoms with E-state index in [1.165, 1.54) is 5.56 Å². The Labute approximate surface area is 133 Å². The summed E-state index contributed by atoms with van der Waals surface area (Å²) in [5.41, 5.74) is 8.23. The molecule has 2 aromatic rings. The van der Waals surface area contributed by atoms with Gasteiger partial charge in [-0.1, -0.05) is 24.4 Å². The molecule has 1 aliphatic rings. The number of amides is 1. The van der Waals surface area contributed by atoms with Gasteiger partial charge in [-0.3, -0.25) is 4.79 Å². The lowest BCUT2D eigenvalue weighted by Crippen LogP contribution is -2.32. The first-order valence-corrected chi connectivity index (χ1v) is 8.22. The predicted molar refractivity (Wildman–Crippen MR) is 89.5 cm³/mol. The van der Waals surface area contributed by atoms with Crippen molar-refractivity contribution in [2.75, 3.05) is 0 Å². The number of carbonyl (C=O) groups is 1. The van der Waals surface area contributed by atoms with E-state index in [0.29, 0.717) is 23.1 Å². The number of benzene rings is 1. The number of hydrogen-bond acceptors (Lipinski definition) is 3. The van der Waals surface area contributed by atoms with Crippen LogP contribution in [0, 0.1) is 0 Å². The van der Waals surface area contributed by atoms with Crippen LogP contribution in [0.2, 0.25) is 0 Å². The highest BCUT2D eigenvalue weighted by Crippen LogP contribution is 2.30. The van der Waals surface area contributed by atoms with E-state index in [4.69, 9.17) is 18.0 Å². The van der Waals surface area contributed by atoms with Crippen molar-refractivity contribution in [2.45, 2.75) is 25.4 Å². The molecule has 21 heavy (non-hydrogen) atoms. The third-order valence-electron chi connectivity index (χ3n) is 3.58. The zero-order valence-corrected chi connectivity index (χ0v) is 13.1. The summed E-state index contributed by atoms with van der Waals surface area (Å²) in [4.78, 5) is 15.1. The van der Waals surface area contributed by atoms with Gasteiger partial charge in [0.05, 0.1) is 0 Å². The second-order valence-corrected chi connectivity index (χ2v) is 6.46. The molecule has 5 heteroatoms. The van der Waals surface area contributed by atoms with Gasteiger partial charge in [0.2, 0.25) is 0 Å². The molecule has 1 amide bonds. The maximum absolute atomic E-state index is 12.8. The second-order valence-electron chi connectivity index (χ2n) is 5.24. The molecule has 0 spiro atoms. The Morgan fingerprint density at radius 2 is 2.10 bits per heavy atom. The van der Waals surface area contributed by atoms with Crippen LogP contribution in [0.25, 0.3) is 0 Å². The normalized spacial score (nSPS) is 13.9. The van der Waals surface area contributed by atoms with Gasteiger partial charge in [0.1, 0.15) is 4.99 Å². The summed E-state index contributed by atoms with van der Waals surface area (Å²) in [7, 11) is 0. The van der Waals surface area contributed by atoms with Crippen molar-refractivity contribution in [3.8, 4) is 0 Å².